The molecule has 196 valence electrons. The van der Waals surface area contributed by atoms with Crippen LogP contribution in [0.2, 0.25) is 0 Å². The van der Waals surface area contributed by atoms with Gasteiger partial charge in [-0.1, -0.05) is 48.5 Å². The number of carbonyl (C=O) groups is 5. The predicted molar refractivity (Wildman–Crippen MR) is 141 cm³/mol. The zero-order valence-electron chi connectivity index (χ0n) is 21.4. The van der Waals surface area contributed by atoms with Crippen molar-refractivity contribution in [2.45, 2.75) is 31.7 Å². The average Bonchev–Trinajstić information content (AvgIpc) is 3.21. The normalized spacial score (nSPS) is 23.0. The van der Waals surface area contributed by atoms with Crippen LogP contribution in [0.3, 0.4) is 0 Å². The molecule has 3 amide bonds. The van der Waals surface area contributed by atoms with Crippen molar-refractivity contribution in [3.8, 4) is 0 Å². The van der Waals surface area contributed by atoms with Crippen molar-refractivity contribution < 1.29 is 28.7 Å². The Morgan fingerprint density at radius 3 is 1.69 bits per heavy atom. The third-order valence-electron chi connectivity index (χ3n) is 8.13. The third kappa shape index (κ3) is 3.86. The van der Waals surface area contributed by atoms with E-state index in [9.17, 15) is 24.0 Å². The first-order chi connectivity index (χ1) is 18.8. The van der Waals surface area contributed by atoms with Crippen LogP contribution in [0.25, 0.3) is 0 Å². The van der Waals surface area contributed by atoms with Gasteiger partial charge in [0.2, 0.25) is 11.8 Å². The molecule has 3 atom stereocenters. The van der Waals surface area contributed by atoms with E-state index in [0.717, 1.165) is 27.2 Å². The summed E-state index contributed by atoms with van der Waals surface area (Å²) in [5.74, 6) is -4.00. The van der Waals surface area contributed by atoms with Gasteiger partial charge in [0.05, 0.1) is 11.8 Å². The fourth-order valence-electron chi connectivity index (χ4n) is 6.43. The number of ketones is 1. The lowest BCUT2D eigenvalue weighted by atomic mass is 9.55. The van der Waals surface area contributed by atoms with Crippen LogP contribution < -0.4 is 5.32 Å². The molecule has 2 bridgehead atoms. The summed E-state index contributed by atoms with van der Waals surface area (Å²) in [6.07, 6.45) is 0. The smallest absolute Gasteiger partial charge is 0.329 e. The van der Waals surface area contributed by atoms with Crippen molar-refractivity contribution in [3.63, 3.8) is 0 Å². The van der Waals surface area contributed by atoms with Crippen molar-refractivity contribution in [1.82, 2.24) is 4.90 Å². The molecule has 8 heteroatoms. The standard InChI is InChI=1S/C31H26N2O6/c1-16(31(38)39-15-24(35)32-19-13-11-18(12-14-19)17(2)34)33-29(36)27-25-20-7-3-4-8-21(20)26(28(27)30(33)37)23-10-6-5-9-22(23)25/h3-14,16,25-28H,15H2,1-2H3,(H,32,35)/t16-,25?,26?,27-,28-/m0/s1. The molecule has 39 heavy (non-hydrogen) atoms. The van der Waals surface area contributed by atoms with Gasteiger partial charge in [0.15, 0.2) is 12.4 Å². The van der Waals surface area contributed by atoms with E-state index in [1.165, 1.54) is 13.8 Å². The predicted octanol–water partition coefficient (Wildman–Crippen LogP) is 3.65. The number of carbonyl (C=O) groups excluding carboxylic acids is 5. The zero-order valence-corrected chi connectivity index (χ0v) is 21.4. The molecule has 0 spiro atoms. The molecule has 0 aromatic heterocycles. The number of nitrogens with one attached hydrogen (secondary N) is 1. The van der Waals surface area contributed by atoms with Crippen LogP contribution in [-0.4, -0.2) is 47.0 Å². The van der Waals surface area contributed by atoms with Crippen LogP contribution in [-0.2, 0) is 23.9 Å². The van der Waals surface area contributed by atoms with E-state index >= 15 is 0 Å². The Balaban J connectivity index is 1.18. The Morgan fingerprint density at radius 2 is 1.26 bits per heavy atom. The molecule has 7 rings (SSSR count). The van der Waals surface area contributed by atoms with Gasteiger partial charge in [-0.2, -0.15) is 0 Å². The Morgan fingerprint density at radius 1 is 0.795 bits per heavy atom. The summed E-state index contributed by atoms with van der Waals surface area (Å²) in [6.45, 7) is 2.32. The van der Waals surface area contributed by atoms with E-state index < -0.39 is 36.4 Å². The maximum absolute atomic E-state index is 13.8. The van der Waals surface area contributed by atoms with Crippen LogP contribution in [0.15, 0.2) is 72.8 Å². The van der Waals surface area contributed by atoms with Gasteiger partial charge >= 0.3 is 5.97 Å². The second kappa shape index (κ2) is 9.31. The molecule has 8 nitrogen and oxygen atoms in total. The molecular formula is C31H26N2O6. The highest BCUT2D eigenvalue weighted by atomic mass is 16.5. The summed E-state index contributed by atoms with van der Waals surface area (Å²) < 4.78 is 5.20. The van der Waals surface area contributed by atoms with Crippen LogP contribution in [0.4, 0.5) is 5.69 Å². The minimum atomic E-state index is -1.18. The number of hydrogen-bond acceptors (Lipinski definition) is 6. The molecule has 1 aliphatic heterocycles. The Hall–Kier alpha value is -4.59. The molecule has 1 saturated heterocycles. The molecule has 1 N–H and O–H groups in total. The number of rotatable bonds is 6. The molecule has 0 unspecified atom stereocenters. The number of hydrogen-bond donors (Lipinski definition) is 1. The Labute approximate surface area is 225 Å². The van der Waals surface area contributed by atoms with E-state index in [1.807, 2.05) is 48.5 Å². The van der Waals surface area contributed by atoms with Gasteiger partial charge in [0.1, 0.15) is 6.04 Å². The number of imide groups is 1. The summed E-state index contributed by atoms with van der Waals surface area (Å²) in [5, 5.41) is 2.60. The zero-order chi connectivity index (χ0) is 27.4. The van der Waals surface area contributed by atoms with Gasteiger partial charge in [0, 0.05) is 23.1 Å². The van der Waals surface area contributed by atoms with E-state index in [0.29, 0.717) is 11.3 Å². The highest BCUT2D eigenvalue weighted by Gasteiger charge is 2.62. The molecule has 3 aromatic carbocycles. The molecule has 3 aromatic rings. The van der Waals surface area contributed by atoms with Gasteiger partial charge in [-0.15, -0.1) is 0 Å². The summed E-state index contributed by atoms with van der Waals surface area (Å²) in [5.41, 5.74) is 5.15. The first-order valence-corrected chi connectivity index (χ1v) is 12.9. The monoisotopic (exact) mass is 522 g/mol. The minimum absolute atomic E-state index is 0.0950. The number of ether oxygens (including phenoxy) is 1. The number of amides is 3. The Kier molecular flexibility index (Phi) is 5.90. The summed E-state index contributed by atoms with van der Waals surface area (Å²) in [7, 11) is 0. The first kappa shape index (κ1) is 24.7. The molecule has 3 aliphatic carbocycles. The van der Waals surface area contributed by atoms with Gasteiger partial charge < -0.3 is 10.1 Å². The van der Waals surface area contributed by atoms with Crippen molar-refractivity contribution >= 4 is 35.2 Å². The second-order valence-electron chi connectivity index (χ2n) is 10.3. The SMILES string of the molecule is CC(=O)c1ccc(NC(=O)COC(=O)[C@H](C)N2C(=O)[C@H]3C4c5ccccc5C(c5ccccc54)[C@@H]3C2=O)cc1. The number of anilines is 1. The fourth-order valence-corrected chi connectivity index (χ4v) is 6.43. The number of likely N-dealkylation sites (tertiary alicyclic amines) is 1. The third-order valence-corrected chi connectivity index (χ3v) is 8.13. The first-order valence-electron chi connectivity index (χ1n) is 12.9. The topological polar surface area (TPSA) is 110 Å². The number of esters is 1. The molecule has 1 heterocycles. The second-order valence-corrected chi connectivity index (χ2v) is 10.3. The highest BCUT2D eigenvalue weighted by molar-refractivity contribution is 6.10. The number of benzene rings is 3. The van der Waals surface area contributed by atoms with Crippen LogP contribution >= 0.6 is 0 Å². The van der Waals surface area contributed by atoms with Crippen LogP contribution in [0.5, 0.6) is 0 Å². The van der Waals surface area contributed by atoms with Crippen LogP contribution in [0, 0.1) is 11.8 Å². The van der Waals surface area contributed by atoms with Crippen molar-refractivity contribution in [2.75, 3.05) is 11.9 Å². The summed E-state index contributed by atoms with van der Waals surface area (Å²) in [6, 6.07) is 21.0. The van der Waals surface area contributed by atoms with E-state index in [-0.39, 0.29) is 29.4 Å². The van der Waals surface area contributed by atoms with Crippen LogP contribution in [0.1, 0.15) is 58.3 Å². The number of nitrogens with zero attached hydrogens (tertiary/aromatic N) is 1. The van der Waals surface area contributed by atoms with Crippen molar-refractivity contribution in [3.05, 3.63) is 101 Å². The lowest BCUT2D eigenvalue weighted by Gasteiger charge is -2.45. The Bertz CT molecular complexity index is 1430. The van der Waals surface area contributed by atoms with E-state index in [1.54, 1.807) is 24.3 Å². The summed E-state index contributed by atoms with van der Waals surface area (Å²) in [4.78, 5) is 65.2. The van der Waals surface area contributed by atoms with Gasteiger partial charge in [-0.3, -0.25) is 24.1 Å². The van der Waals surface area contributed by atoms with Gasteiger partial charge in [-0.05, 0) is 60.4 Å². The van der Waals surface area contributed by atoms with Crippen molar-refractivity contribution in [1.29, 1.82) is 0 Å². The number of Topliss-reactive ketones (excluding diaryl/α,β-unsaturated/α-hetero) is 1. The molecule has 1 fully saturated rings. The van der Waals surface area contributed by atoms with E-state index in [4.69, 9.17) is 4.74 Å². The quantitative estimate of drug-likeness (QED) is 0.301. The highest BCUT2D eigenvalue weighted by Crippen LogP contribution is 2.61. The van der Waals surface area contributed by atoms with Gasteiger partial charge in [-0.25, -0.2) is 4.79 Å². The average molecular weight is 523 g/mol. The maximum atomic E-state index is 13.8. The minimum Gasteiger partial charge on any atom is -0.454 e. The molecule has 4 aliphatic rings. The largest absolute Gasteiger partial charge is 0.454 e. The van der Waals surface area contributed by atoms with E-state index in [2.05, 4.69) is 5.32 Å². The van der Waals surface area contributed by atoms with Gasteiger partial charge in [0.25, 0.3) is 5.91 Å². The molecular weight excluding hydrogens is 496 g/mol. The molecule has 0 radical (unpaired) electrons. The maximum Gasteiger partial charge on any atom is 0.329 e. The fraction of sp³-hybridized carbons (Fsp3) is 0.258. The lowest BCUT2D eigenvalue weighted by Crippen LogP contribution is -2.45. The lowest BCUT2D eigenvalue weighted by molar-refractivity contribution is -0.159. The summed E-state index contributed by atoms with van der Waals surface area (Å²) >= 11 is 0. The van der Waals surface area contributed by atoms with Crippen molar-refractivity contribution in [2.24, 2.45) is 11.8 Å². The molecule has 0 saturated carbocycles.